The van der Waals surface area contributed by atoms with Gasteiger partial charge in [-0.2, -0.15) is 0 Å². The van der Waals surface area contributed by atoms with Gasteiger partial charge in [-0.05, 0) is 51.0 Å². The van der Waals surface area contributed by atoms with Crippen molar-refractivity contribution in [3.05, 3.63) is 24.3 Å². The van der Waals surface area contributed by atoms with Crippen molar-refractivity contribution >= 4 is 33.6 Å². The predicted molar refractivity (Wildman–Crippen MR) is 112 cm³/mol. The number of hydrogen-bond donors (Lipinski definition) is 0. The molecule has 0 bridgehead atoms. The lowest BCUT2D eigenvalue weighted by Gasteiger charge is -2.33. The van der Waals surface area contributed by atoms with Crippen LogP contribution < -0.4 is 9.64 Å². The first-order valence-corrected chi connectivity index (χ1v) is 11.0. The summed E-state index contributed by atoms with van der Waals surface area (Å²) in [6, 6.07) is 7.73. The number of nitrogens with zero attached hydrogens (tertiary/aromatic N) is 2. The van der Waals surface area contributed by atoms with Gasteiger partial charge in [0, 0.05) is 49.9 Å². The largest absolute Gasteiger partial charge is 0.490 e. The lowest BCUT2D eigenvalue weighted by atomic mass is 10.1. The third-order valence-corrected chi connectivity index (χ3v) is 5.88. The SMILES string of the molecule is CC(C)(C)OC(=O)N1CCC(Oc2ccc(N3CC(CBr)CC3=O)cc2)CC1. The van der Waals surface area contributed by atoms with Crippen molar-refractivity contribution in [2.45, 2.75) is 51.7 Å². The highest BCUT2D eigenvalue weighted by Crippen LogP contribution is 2.28. The van der Waals surface area contributed by atoms with Crippen LogP contribution in [-0.4, -0.2) is 53.6 Å². The Kier molecular flexibility index (Phi) is 6.53. The molecule has 154 valence electrons. The highest BCUT2D eigenvalue weighted by atomic mass is 79.9. The van der Waals surface area contributed by atoms with Crippen LogP contribution in [0.2, 0.25) is 0 Å². The molecular formula is C21H29BrN2O4. The summed E-state index contributed by atoms with van der Waals surface area (Å²) < 4.78 is 11.5. The topological polar surface area (TPSA) is 59.1 Å². The van der Waals surface area contributed by atoms with E-state index in [1.807, 2.05) is 49.9 Å². The Bertz CT molecular complexity index is 693. The monoisotopic (exact) mass is 452 g/mol. The van der Waals surface area contributed by atoms with E-state index in [2.05, 4.69) is 15.9 Å². The number of ether oxygens (including phenoxy) is 2. The van der Waals surface area contributed by atoms with Gasteiger partial charge in [0.25, 0.3) is 0 Å². The number of hydrogen-bond acceptors (Lipinski definition) is 4. The molecule has 0 spiro atoms. The van der Waals surface area contributed by atoms with E-state index in [4.69, 9.17) is 9.47 Å². The van der Waals surface area contributed by atoms with Gasteiger partial charge in [0.1, 0.15) is 17.5 Å². The smallest absolute Gasteiger partial charge is 0.410 e. The number of carbonyl (C=O) groups excluding carboxylic acids is 2. The minimum atomic E-state index is -0.475. The molecule has 1 unspecified atom stereocenters. The summed E-state index contributed by atoms with van der Waals surface area (Å²) in [6.07, 6.45) is 1.97. The van der Waals surface area contributed by atoms with Crippen LogP contribution in [0.15, 0.2) is 24.3 Å². The van der Waals surface area contributed by atoms with E-state index in [1.54, 1.807) is 4.90 Å². The zero-order chi connectivity index (χ0) is 20.3. The Labute approximate surface area is 175 Å². The fourth-order valence-electron chi connectivity index (χ4n) is 3.51. The molecule has 2 aliphatic heterocycles. The third-order valence-electron chi connectivity index (χ3n) is 4.97. The minimum Gasteiger partial charge on any atom is -0.490 e. The number of alkyl halides is 1. The minimum absolute atomic E-state index is 0.0794. The van der Waals surface area contributed by atoms with E-state index in [1.165, 1.54) is 0 Å². The van der Waals surface area contributed by atoms with Gasteiger partial charge in [-0.15, -0.1) is 0 Å². The van der Waals surface area contributed by atoms with Crippen molar-refractivity contribution in [3.8, 4) is 5.75 Å². The molecular weight excluding hydrogens is 424 g/mol. The molecule has 1 atom stereocenters. The van der Waals surface area contributed by atoms with Crippen LogP contribution >= 0.6 is 15.9 Å². The Balaban J connectivity index is 1.49. The molecule has 2 saturated heterocycles. The van der Waals surface area contributed by atoms with E-state index < -0.39 is 5.60 Å². The van der Waals surface area contributed by atoms with Gasteiger partial charge < -0.3 is 19.3 Å². The molecule has 7 heteroatoms. The van der Waals surface area contributed by atoms with E-state index in [0.717, 1.165) is 36.2 Å². The van der Waals surface area contributed by atoms with Gasteiger partial charge in [-0.1, -0.05) is 15.9 Å². The zero-order valence-corrected chi connectivity index (χ0v) is 18.4. The molecule has 0 aromatic heterocycles. The van der Waals surface area contributed by atoms with Crippen LogP contribution in [0.25, 0.3) is 0 Å². The number of anilines is 1. The Morgan fingerprint density at radius 3 is 2.36 bits per heavy atom. The average molecular weight is 453 g/mol. The molecule has 0 saturated carbocycles. The lowest BCUT2D eigenvalue weighted by Crippen LogP contribution is -2.44. The van der Waals surface area contributed by atoms with E-state index >= 15 is 0 Å². The molecule has 3 rings (SSSR count). The Morgan fingerprint density at radius 1 is 1.18 bits per heavy atom. The van der Waals surface area contributed by atoms with Crippen LogP contribution in [0.5, 0.6) is 5.75 Å². The second kappa shape index (κ2) is 8.72. The number of halogens is 1. The maximum absolute atomic E-state index is 12.1. The molecule has 2 aliphatic rings. The highest BCUT2D eigenvalue weighted by Gasteiger charge is 2.30. The first-order chi connectivity index (χ1) is 13.2. The summed E-state index contributed by atoms with van der Waals surface area (Å²) in [4.78, 5) is 27.9. The van der Waals surface area contributed by atoms with Gasteiger partial charge in [0.2, 0.25) is 5.91 Å². The van der Waals surface area contributed by atoms with Crippen molar-refractivity contribution in [2.75, 3.05) is 29.9 Å². The normalized spacial score (nSPS) is 21.1. The number of carbonyl (C=O) groups is 2. The molecule has 1 aromatic rings. The lowest BCUT2D eigenvalue weighted by molar-refractivity contribution is -0.117. The van der Waals surface area contributed by atoms with E-state index in [0.29, 0.717) is 25.4 Å². The quantitative estimate of drug-likeness (QED) is 0.641. The summed E-state index contributed by atoms with van der Waals surface area (Å²) in [7, 11) is 0. The fraction of sp³-hybridized carbons (Fsp3) is 0.619. The molecule has 2 heterocycles. The summed E-state index contributed by atoms with van der Waals surface area (Å²) >= 11 is 3.47. The van der Waals surface area contributed by atoms with Crippen LogP contribution in [0, 0.1) is 5.92 Å². The molecule has 28 heavy (non-hydrogen) atoms. The Hall–Kier alpha value is -1.76. The number of amides is 2. The maximum Gasteiger partial charge on any atom is 0.410 e. The van der Waals surface area contributed by atoms with Crippen LogP contribution in [0.1, 0.15) is 40.0 Å². The Morgan fingerprint density at radius 2 is 1.82 bits per heavy atom. The van der Waals surface area contributed by atoms with Gasteiger partial charge in [-0.3, -0.25) is 4.79 Å². The molecule has 2 amide bonds. The predicted octanol–water partition coefficient (Wildman–Crippen LogP) is 4.21. The van der Waals surface area contributed by atoms with Gasteiger partial charge >= 0.3 is 6.09 Å². The molecule has 2 fully saturated rings. The molecule has 6 nitrogen and oxygen atoms in total. The molecule has 0 N–H and O–H groups in total. The van der Waals surface area contributed by atoms with Crippen LogP contribution in [-0.2, 0) is 9.53 Å². The molecule has 0 radical (unpaired) electrons. The van der Waals surface area contributed by atoms with Crippen molar-refractivity contribution < 1.29 is 19.1 Å². The second-order valence-electron chi connectivity index (χ2n) is 8.51. The molecule has 1 aromatic carbocycles. The first-order valence-electron chi connectivity index (χ1n) is 9.86. The van der Waals surface area contributed by atoms with Crippen LogP contribution in [0.3, 0.4) is 0 Å². The summed E-state index contributed by atoms with van der Waals surface area (Å²) in [5.74, 6) is 1.34. The number of likely N-dealkylation sites (tertiary alicyclic amines) is 1. The maximum atomic E-state index is 12.1. The van der Waals surface area contributed by atoms with E-state index in [-0.39, 0.29) is 18.1 Å². The summed E-state index contributed by atoms with van der Waals surface area (Å²) in [5.41, 5.74) is 0.442. The summed E-state index contributed by atoms with van der Waals surface area (Å²) in [6.45, 7) is 7.65. The van der Waals surface area contributed by atoms with Gasteiger partial charge in [0.15, 0.2) is 0 Å². The van der Waals surface area contributed by atoms with Gasteiger partial charge in [-0.25, -0.2) is 4.79 Å². The van der Waals surface area contributed by atoms with Crippen LogP contribution in [0.4, 0.5) is 10.5 Å². The van der Waals surface area contributed by atoms with Gasteiger partial charge in [0.05, 0.1) is 0 Å². The van der Waals surface area contributed by atoms with Crippen molar-refractivity contribution in [1.82, 2.24) is 4.90 Å². The number of benzene rings is 1. The number of rotatable bonds is 4. The summed E-state index contributed by atoms with van der Waals surface area (Å²) in [5, 5.41) is 0.846. The first kappa shape index (κ1) is 21.0. The van der Waals surface area contributed by atoms with E-state index in [9.17, 15) is 9.59 Å². The van der Waals surface area contributed by atoms with Crippen molar-refractivity contribution in [1.29, 1.82) is 0 Å². The van der Waals surface area contributed by atoms with Crippen molar-refractivity contribution in [2.24, 2.45) is 5.92 Å². The van der Waals surface area contributed by atoms with Crippen molar-refractivity contribution in [3.63, 3.8) is 0 Å². The zero-order valence-electron chi connectivity index (χ0n) is 16.8. The standard InChI is InChI=1S/C21H29BrN2O4/c1-21(2,3)28-20(26)23-10-8-18(9-11-23)27-17-6-4-16(5-7-17)24-14-15(13-22)12-19(24)25/h4-7,15,18H,8-14H2,1-3H3. The average Bonchev–Trinajstić information content (AvgIpc) is 3.02. The molecule has 0 aliphatic carbocycles. The highest BCUT2D eigenvalue weighted by molar-refractivity contribution is 9.09. The second-order valence-corrected chi connectivity index (χ2v) is 9.15. The third kappa shape index (κ3) is 5.40. The fourth-order valence-corrected chi connectivity index (χ4v) is 3.95. The number of piperidine rings is 1.